The third-order valence-corrected chi connectivity index (χ3v) is 4.62. The summed E-state index contributed by atoms with van der Waals surface area (Å²) in [6.45, 7) is 6.31. The lowest BCUT2D eigenvalue weighted by Crippen LogP contribution is -2.23. The maximum Gasteiger partial charge on any atom is 0.272 e. The Balaban J connectivity index is 1.66. The number of hydrogen-bond acceptors (Lipinski definition) is 5. The normalized spacial score (nSPS) is 11.5. The molecule has 0 amide bonds. The van der Waals surface area contributed by atoms with Gasteiger partial charge in [0.15, 0.2) is 0 Å². The van der Waals surface area contributed by atoms with Crippen molar-refractivity contribution in [2.45, 2.75) is 27.3 Å². The minimum Gasteiger partial charge on any atom is -0.334 e. The van der Waals surface area contributed by atoms with Crippen LogP contribution in [0.4, 0.5) is 0 Å². The van der Waals surface area contributed by atoms with E-state index in [0.717, 1.165) is 22.2 Å². The highest BCUT2D eigenvalue weighted by Gasteiger charge is 2.11. The summed E-state index contributed by atoms with van der Waals surface area (Å²) in [5, 5.41) is 4.07. The van der Waals surface area contributed by atoms with Crippen LogP contribution in [0, 0.1) is 13.8 Å². The predicted octanol–water partition coefficient (Wildman–Crippen LogP) is 4.25. The molecule has 0 saturated heterocycles. The molecule has 0 aliphatic carbocycles. The molecule has 28 heavy (non-hydrogen) atoms. The highest BCUT2D eigenvalue weighted by Crippen LogP contribution is 2.21. The monoisotopic (exact) mass is 372 g/mol. The summed E-state index contributed by atoms with van der Waals surface area (Å²) in [4.78, 5) is 21.1. The first-order valence-corrected chi connectivity index (χ1v) is 9.15. The molecule has 0 aliphatic rings. The molecule has 0 saturated carbocycles. The maximum absolute atomic E-state index is 12.2. The van der Waals surface area contributed by atoms with Gasteiger partial charge in [0.05, 0.1) is 11.0 Å². The number of benzene rings is 2. The molecule has 4 rings (SSSR count). The van der Waals surface area contributed by atoms with E-state index in [1.165, 1.54) is 5.56 Å². The highest BCUT2D eigenvalue weighted by molar-refractivity contribution is 5.80. The van der Waals surface area contributed by atoms with E-state index in [-0.39, 0.29) is 5.56 Å². The highest BCUT2D eigenvalue weighted by atomic mass is 16.5. The summed E-state index contributed by atoms with van der Waals surface area (Å²) < 4.78 is 7.06. The zero-order valence-electron chi connectivity index (χ0n) is 16.0. The Labute approximate surface area is 162 Å². The van der Waals surface area contributed by atoms with Crippen molar-refractivity contribution < 1.29 is 4.52 Å². The summed E-state index contributed by atoms with van der Waals surface area (Å²) >= 11 is 0. The Bertz CT molecular complexity index is 1230. The fourth-order valence-electron chi connectivity index (χ4n) is 3.09. The van der Waals surface area contributed by atoms with Crippen LogP contribution in [0.2, 0.25) is 0 Å². The van der Waals surface area contributed by atoms with Gasteiger partial charge < -0.3 is 9.09 Å². The molecule has 4 aromatic rings. The van der Waals surface area contributed by atoms with Crippen molar-refractivity contribution in [1.82, 2.24) is 19.7 Å². The second-order valence-corrected chi connectivity index (χ2v) is 6.65. The quantitative estimate of drug-likeness (QED) is 0.535. The molecular formula is C22H20N4O2. The van der Waals surface area contributed by atoms with Crippen molar-refractivity contribution in [3.63, 3.8) is 0 Å². The van der Waals surface area contributed by atoms with E-state index in [9.17, 15) is 4.79 Å². The van der Waals surface area contributed by atoms with Crippen molar-refractivity contribution in [2.24, 2.45) is 0 Å². The van der Waals surface area contributed by atoms with Crippen molar-refractivity contribution in [1.29, 1.82) is 0 Å². The molecule has 140 valence electrons. The molecule has 0 atom stereocenters. The van der Waals surface area contributed by atoms with Gasteiger partial charge in [-0.25, -0.2) is 4.98 Å². The van der Waals surface area contributed by atoms with Crippen LogP contribution in [-0.4, -0.2) is 19.7 Å². The Hall–Kier alpha value is -3.54. The van der Waals surface area contributed by atoms with E-state index < -0.39 is 0 Å². The van der Waals surface area contributed by atoms with Gasteiger partial charge in [0.25, 0.3) is 11.4 Å². The van der Waals surface area contributed by atoms with Crippen molar-refractivity contribution in [3.05, 3.63) is 75.5 Å². The third-order valence-electron chi connectivity index (χ3n) is 4.62. The Kier molecular flexibility index (Phi) is 4.61. The average molecular weight is 372 g/mol. The molecule has 6 heteroatoms. The van der Waals surface area contributed by atoms with Crippen molar-refractivity contribution in [2.75, 3.05) is 0 Å². The molecule has 0 bridgehead atoms. The van der Waals surface area contributed by atoms with Crippen LogP contribution in [0.1, 0.15) is 29.6 Å². The van der Waals surface area contributed by atoms with Crippen LogP contribution >= 0.6 is 0 Å². The van der Waals surface area contributed by atoms with Crippen LogP contribution < -0.4 is 5.56 Å². The molecule has 2 aromatic carbocycles. The van der Waals surface area contributed by atoms with Gasteiger partial charge in [-0.05, 0) is 50.6 Å². The molecule has 6 nitrogen and oxygen atoms in total. The van der Waals surface area contributed by atoms with Gasteiger partial charge in [0, 0.05) is 18.2 Å². The lowest BCUT2D eigenvalue weighted by molar-refractivity contribution is 0.411. The number of aryl methyl sites for hydroxylation is 3. The maximum atomic E-state index is 12.2. The minimum atomic E-state index is -0.0640. The van der Waals surface area contributed by atoms with Gasteiger partial charge in [-0.3, -0.25) is 4.79 Å². The van der Waals surface area contributed by atoms with E-state index in [1.807, 2.05) is 43.3 Å². The summed E-state index contributed by atoms with van der Waals surface area (Å²) in [6.07, 6.45) is 3.72. The first kappa shape index (κ1) is 17.9. The number of aromatic nitrogens is 4. The number of rotatable bonds is 4. The largest absolute Gasteiger partial charge is 0.334 e. The Morgan fingerprint density at radius 3 is 2.57 bits per heavy atom. The molecule has 2 heterocycles. The summed E-state index contributed by atoms with van der Waals surface area (Å²) in [5.41, 5.74) is 5.01. The molecule has 0 unspecified atom stereocenters. The van der Waals surface area contributed by atoms with Crippen molar-refractivity contribution in [3.8, 4) is 11.4 Å². The van der Waals surface area contributed by atoms with E-state index in [0.29, 0.717) is 24.0 Å². The van der Waals surface area contributed by atoms with Gasteiger partial charge >= 0.3 is 0 Å². The molecular weight excluding hydrogens is 352 g/mol. The molecule has 0 radical (unpaired) electrons. The van der Waals surface area contributed by atoms with Crippen LogP contribution in [0.15, 0.2) is 51.8 Å². The van der Waals surface area contributed by atoms with Gasteiger partial charge in [0.1, 0.15) is 5.69 Å². The minimum absolute atomic E-state index is 0.0640. The second-order valence-electron chi connectivity index (χ2n) is 6.65. The molecule has 0 N–H and O–H groups in total. The van der Waals surface area contributed by atoms with E-state index in [1.54, 1.807) is 17.6 Å². The second kappa shape index (κ2) is 7.23. The predicted molar refractivity (Wildman–Crippen MR) is 110 cm³/mol. The zero-order chi connectivity index (χ0) is 19.7. The summed E-state index contributed by atoms with van der Waals surface area (Å²) in [7, 11) is 0. The average Bonchev–Trinajstić information content (AvgIpc) is 3.17. The fraction of sp³-hybridized carbons (Fsp3) is 0.182. The van der Waals surface area contributed by atoms with Crippen LogP contribution in [0.3, 0.4) is 0 Å². The number of fused-ring (bicyclic) bond motifs is 1. The lowest BCUT2D eigenvalue weighted by atomic mass is 10.1. The topological polar surface area (TPSA) is 73.8 Å². The Morgan fingerprint density at radius 2 is 1.82 bits per heavy atom. The summed E-state index contributed by atoms with van der Waals surface area (Å²) in [5.74, 6) is 0.914. The zero-order valence-corrected chi connectivity index (χ0v) is 16.0. The van der Waals surface area contributed by atoms with Crippen LogP contribution in [0.25, 0.3) is 34.6 Å². The van der Waals surface area contributed by atoms with E-state index in [4.69, 9.17) is 4.52 Å². The molecule has 0 aliphatic heterocycles. The smallest absolute Gasteiger partial charge is 0.272 e. The van der Waals surface area contributed by atoms with Gasteiger partial charge in [-0.2, -0.15) is 4.98 Å². The lowest BCUT2D eigenvalue weighted by Gasteiger charge is -2.09. The first-order valence-electron chi connectivity index (χ1n) is 9.15. The summed E-state index contributed by atoms with van der Waals surface area (Å²) in [6, 6.07) is 13.8. The van der Waals surface area contributed by atoms with Gasteiger partial charge in [0.2, 0.25) is 5.82 Å². The molecule has 0 spiro atoms. The van der Waals surface area contributed by atoms with Crippen LogP contribution in [-0.2, 0) is 6.54 Å². The fourth-order valence-corrected chi connectivity index (χ4v) is 3.09. The molecule has 0 fully saturated rings. The van der Waals surface area contributed by atoms with Crippen LogP contribution in [0.5, 0.6) is 0 Å². The Morgan fingerprint density at radius 1 is 1.04 bits per heavy atom. The van der Waals surface area contributed by atoms with Gasteiger partial charge in [-0.1, -0.05) is 35.0 Å². The number of nitrogens with zero attached hydrogens (tertiary/aromatic N) is 4. The van der Waals surface area contributed by atoms with E-state index in [2.05, 4.69) is 34.2 Å². The SMILES string of the molecule is CCn1c(=O)c(C)nc2cc(-c3noc(/C=C/c4ccc(C)cc4)n3)ccc21. The van der Waals surface area contributed by atoms with Crippen molar-refractivity contribution >= 4 is 23.2 Å². The van der Waals surface area contributed by atoms with Gasteiger partial charge in [-0.15, -0.1) is 0 Å². The third kappa shape index (κ3) is 3.36. The van der Waals surface area contributed by atoms with E-state index >= 15 is 0 Å². The molecule has 2 aromatic heterocycles. The first-order chi connectivity index (χ1) is 13.5. The standard InChI is InChI=1S/C22H20N4O2/c1-4-26-19-11-10-17(13-18(19)23-15(3)22(26)27)21-24-20(28-25-21)12-9-16-7-5-14(2)6-8-16/h5-13H,4H2,1-3H3/b12-9+. The number of hydrogen-bond donors (Lipinski definition) is 0.